The zero-order valence-corrected chi connectivity index (χ0v) is 12.9. The lowest BCUT2D eigenvalue weighted by atomic mass is 10.1. The van der Waals surface area contributed by atoms with Gasteiger partial charge in [-0.15, -0.1) is 0 Å². The molecule has 0 aliphatic heterocycles. The fraction of sp³-hybridized carbons (Fsp3) is 0.357. The Morgan fingerprint density at radius 2 is 1.96 bits per heavy atom. The van der Waals surface area contributed by atoms with Gasteiger partial charge in [0.05, 0.1) is 18.5 Å². The van der Waals surface area contributed by atoms with Crippen molar-refractivity contribution in [3.05, 3.63) is 23.8 Å². The number of nitrogens with two attached hydrogens (primary N) is 4. The van der Waals surface area contributed by atoms with Crippen LogP contribution in [0.2, 0.25) is 0 Å². The number of nitrogen functional groups attached to an aromatic ring is 2. The minimum Gasteiger partial charge on any atom is -0.467 e. The van der Waals surface area contributed by atoms with Crippen molar-refractivity contribution < 1.29 is 14.3 Å². The zero-order chi connectivity index (χ0) is 17.4. The highest BCUT2D eigenvalue weighted by Crippen LogP contribution is 2.16. The number of esters is 1. The van der Waals surface area contributed by atoms with Gasteiger partial charge in [-0.1, -0.05) is 0 Å². The molecule has 9 heteroatoms. The van der Waals surface area contributed by atoms with Crippen molar-refractivity contribution in [3.63, 3.8) is 0 Å². The predicted molar refractivity (Wildman–Crippen MR) is 88.4 cm³/mol. The van der Waals surface area contributed by atoms with E-state index in [1.54, 1.807) is 0 Å². The third-order valence-electron chi connectivity index (χ3n) is 3.09. The van der Waals surface area contributed by atoms with Crippen molar-refractivity contribution in [1.82, 2.24) is 5.32 Å². The molecule has 0 bridgehead atoms. The molecule has 23 heavy (non-hydrogen) atoms. The average molecular weight is 322 g/mol. The molecule has 0 radical (unpaired) electrons. The monoisotopic (exact) mass is 322 g/mol. The summed E-state index contributed by atoms with van der Waals surface area (Å²) < 4.78 is 4.69. The molecule has 1 aromatic carbocycles. The lowest BCUT2D eigenvalue weighted by Crippen LogP contribution is -2.41. The first-order valence-corrected chi connectivity index (χ1v) is 6.94. The maximum Gasteiger partial charge on any atom is 0.328 e. The van der Waals surface area contributed by atoms with E-state index in [9.17, 15) is 9.59 Å². The first-order valence-electron chi connectivity index (χ1n) is 6.94. The molecule has 0 saturated carbocycles. The average Bonchev–Trinajstić information content (AvgIpc) is 2.51. The highest BCUT2D eigenvalue weighted by Gasteiger charge is 2.21. The number of anilines is 2. The second-order valence-electron chi connectivity index (χ2n) is 4.84. The van der Waals surface area contributed by atoms with Crippen LogP contribution in [0.1, 0.15) is 23.2 Å². The number of rotatable bonds is 7. The van der Waals surface area contributed by atoms with Gasteiger partial charge in [0.1, 0.15) is 6.04 Å². The summed E-state index contributed by atoms with van der Waals surface area (Å²) in [6, 6.07) is 3.68. The number of nitrogens with one attached hydrogen (secondary N) is 1. The summed E-state index contributed by atoms with van der Waals surface area (Å²) in [5.41, 5.74) is 22.7. The van der Waals surface area contributed by atoms with Crippen molar-refractivity contribution in [2.75, 3.05) is 25.1 Å². The van der Waals surface area contributed by atoms with Crippen molar-refractivity contribution in [2.45, 2.75) is 18.9 Å². The minimum absolute atomic E-state index is 0.0268. The Balaban J connectivity index is 2.72. The smallest absolute Gasteiger partial charge is 0.328 e. The molecule has 0 saturated heterocycles. The Morgan fingerprint density at radius 1 is 1.26 bits per heavy atom. The van der Waals surface area contributed by atoms with E-state index in [0.29, 0.717) is 36.3 Å². The highest BCUT2D eigenvalue weighted by molar-refractivity contribution is 5.98. The van der Waals surface area contributed by atoms with E-state index in [1.165, 1.54) is 25.3 Å². The summed E-state index contributed by atoms with van der Waals surface area (Å²) in [4.78, 5) is 27.8. The summed E-state index contributed by atoms with van der Waals surface area (Å²) in [6.45, 7) is 0.348. The van der Waals surface area contributed by atoms with E-state index in [1.807, 2.05) is 0 Å². The number of aliphatic imine (C=N–C) groups is 1. The van der Waals surface area contributed by atoms with Gasteiger partial charge < -0.3 is 33.0 Å². The molecule has 1 aromatic rings. The molecular formula is C14H22N6O3. The number of guanidine groups is 1. The van der Waals surface area contributed by atoms with Crippen molar-refractivity contribution in [3.8, 4) is 0 Å². The molecule has 1 atom stereocenters. The number of ether oxygens (including phenoxy) is 1. The Hall–Kier alpha value is -2.97. The second-order valence-corrected chi connectivity index (χ2v) is 4.84. The van der Waals surface area contributed by atoms with E-state index < -0.39 is 17.9 Å². The molecule has 126 valence electrons. The summed E-state index contributed by atoms with van der Waals surface area (Å²) in [7, 11) is 1.25. The van der Waals surface area contributed by atoms with Gasteiger partial charge in [0.25, 0.3) is 5.91 Å². The van der Waals surface area contributed by atoms with Gasteiger partial charge in [-0.2, -0.15) is 0 Å². The van der Waals surface area contributed by atoms with Crippen LogP contribution in [0.25, 0.3) is 0 Å². The third kappa shape index (κ3) is 5.73. The molecule has 0 aromatic heterocycles. The van der Waals surface area contributed by atoms with Crippen LogP contribution in [0, 0.1) is 0 Å². The number of carbonyl (C=O) groups excluding carboxylic acids is 2. The highest BCUT2D eigenvalue weighted by atomic mass is 16.5. The predicted octanol–water partition coefficient (Wildman–Crippen LogP) is -0.824. The first-order chi connectivity index (χ1) is 10.8. The molecule has 0 aliphatic carbocycles. The van der Waals surface area contributed by atoms with Crippen LogP contribution < -0.4 is 28.3 Å². The number of amides is 1. The Labute approximate surface area is 134 Å². The zero-order valence-electron chi connectivity index (χ0n) is 12.9. The van der Waals surface area contributed by atoms with Crippen LogP contribution in [-0.2, 0) is 9.53 Å². The van der Waals surface area contributed by atoms with Crippen LogP contribution >= 0.6 is 0 Å². The number of methoxy groups -OCH3 is 1. The molecule has 0 fully saturated rings. The van der Waals surface area contributed by atoms with E-state index in [4.69, 9.17) is 22.9 Å². The number of benzene rings is 1. The molecule has 1 rings (SSSR count). The molecule has 0 unspecified atom stereocenters. The first kappa shape index (κ1) is 18.1. The standard InChI is InChI=1S/C14H22N6O3/c1-23-13(22)11(3-2-6-19-14(17)18)20-12(21)8-4-5-9(15)10(16)7-8/h4-5,7,11H,2-3,6,15-16H2,1H3,(H,20,21)(H4,17,18,19)/t11-/m0/s1. The van der Waals surface area contributed by atoms with E-state index in [-0.39, 0.29) is 5.96 Å². The molecule has 0 heterocycles. The second kappa shape index (κ2) is 8.47. The van der Waals surface area contributed by atoms with Gasteiger partial charge in [-0.05, 0) is 31.0 Å². The van der Waals surface area contributed by atoms with Crippen LogP contribution in [-0.4, -0.2) is 37.5 Å². The van der Waals surface area contributed by atoms with Gasteiger partial charge in [0.15, 0.2) is 5.96 Å². The van der Waals surface area contributed by atoms with Gasteiger partial charge in [-0.25, -0.2) is 4.79 Å². The number of hydrogen-bond donors (Lipinski definition) is 5. The molecule has 0 aliphatic rings. The van der Waals surface area contributed by atoms with Crippen LogP contribution in [0.15, 0.2) is 23.2 Å². The third-order valence-corrected chi connectivity index (χ3v) is 3.09. The van der Waals surface area contributed by atoms with E-state index in [0.717, 1.165) is 0 Å². The normalized spacial score (nSPS) is 11.3. The number of carbonyl (C=O) groups is 2. The largest absolute Gasteiger partial charge is 0.467 e. The topological polar surface area (TPSA) is 172 Å². The van der Waals surface area contributed by atoms with Crippen molar-refractivity contribution >= 4 is 29.2 Å². The number of nitrogens with zero attached hydrogens (tertiary/aromatic N) is 1. The fourth-order valence-corrected chi connectivity index (χ4v) is 1.85. The van der Waals surface area contributed by atoms with Gasteiger partial charge in [0.2, 0.25) is 0 Å². The Bertz CT molecular complexity index is 598. The van der Waals surface area contributed by atoms with Gasteiger partial charge >= 0.3 is 5.97 Å². The summed E-state index contributed by atoms with van der Waals surface area (Å²) in [5.74, 6) is -1.03. The minimum atomic E-state index is -0.805. The quantitative estimate of drug-likeness (QED) is 0.143. The van der Waals surface area contributed by atoms with E-state index in [2.05, 4.69) is 15.0 Å². The Morgan fingerprint density at radius 3 is 2.52 bits per heavy atom. The van der Waals surface area contributed by atoms with Crippen LogP contribution in [0.4, 0.5) is 11.4 Å². The molecule has 9 N–H and O–H groups in total. The van der Waals surface area contributed by atoms with Gasteiger partial charge in [0, 0.05) is 12.1 Å². The van der Waals surface area contributed by atoms with Crippen molar-refractivity contribution in [2.24, 2.45) is 16.5 Å². The lowest BCUT2D eigenvalue weighted by molar-refractivity contribution is -0.143. The summed E-state index contributed by atoms with van der Waals surface area (Å²) in [6.07, 6.45) is 0.835. The molecule has 9 nitrogen and oxygen atoms in total. The SMILES string of the molecule is COC(=O)[C@H](CCCN=C(N)N)NC(=O)c1ccc(N)c(N)c1. The van der Waals surface area contributed by atoms with Crippen molar-refractivity contribution in [1.29, 1.82) is 0 Å². The maximum absolute atomic E-state index is 12.2. The molecule has 1 amide bonds. The van der Waals surface area contributed by atoms with Crippen LogP contribution in [0.5, 0.6) is 0 Å². The van der Waals surface area contributed by atoms with E-state index >= 15 is 0 Å². The molecular weight excluding hydrogens is 300 g/mol. The lowest BCUT2D eigenvalue weighted by Gasteiger charge is -2.16. The Kier molecular flexibility index (Phi) is 6.66. The molecule has 0 spiro atoms. The maximum atomic E-state index is 12.2. The fourth-order valence-electron chi connectivity index (χ4n) is 1.85. The summed E-state index contributed by atoms with van der Waals surface area (Å²) in [5, 5.41) is 2.60. The van der Waals surface area contributed by atoms with Crippen LogP contribution in [0.3, 0.4) is 0 Å². The van der Waals surface area contributed by atoms with Gasteiger partial charge in [-0.3, -0.25) is 9.79 Å². The summed E-state index contributed by atoms with van der Waals surface area (Å²) >= 11 is 0. The number of hydrogen-bond acceptors (Lipinski definition) is 6.